The van der Waals surface area contributed by atoms with E-state index in [-0.39, 0.29) is 5.97 Å². The van der Waals surface area contributed by atoms with Gasteiger partial charge in [0.1, 0.15) is 5.54 Å². The van der Waals surface area contributed by atoms with Gasteiger partial charge in [0.2, 0.25) is 0 Å². The van der Waals surface area contributed by atoms with Crippen LogP contribution in [0.25, 0.3) is 0 Å². The quantitative estimate of drug-likeness (QED) is 0.785. The summed E-state index contributed by atoms with van der Waals surface area (Å²) in [4.78, 5) is 12.4. The highest BCUT2D eigenvalue weighted by Crippen LogP contribution is 2.43. The van der Waals surface area contributed by atoms with Gasteiger partial charge in [-0.25, -0.2) is 4.79 Å². The molecule has 2 aliphatic rings. The fourth-order valence-electron chi connectivity index (χ4n) is 2.74. The summed E-state index contributed by atoms with van der Waals surface area (Å²) in [5.74, 6) is 0.236. The molecule has 2 saturated carbocycles. The van der Waals surface area contributed by atoms with Gasteiger partial charge in [-0.1, -0.05) is 0 Å². The van der Waals surface area contributed by atoms with E-state index in [0.29, 0.717) is 18.5 Å². The van der Waals surface area contributed by atoms with E-state index in [9.17, 15) is 4.79 Å². The molecule has 3 rings (SSSR count). The summed E-state index contributed by atoms with van der Waals surface area (Å²) < 4.78 is 6.94. The summed E-state index contributed by atoms with van der Waals surface area (Å²) in [6.45, 7) is 2.57. The van der Waals surface area contributed by atoms with Crippen LogP contribution in [-0.4, -0.2) is 34.4 Å². The van der Waals surface area contributed by atoms with E-state index in [1.165, 1.54) is 7.11 Å². The fourth-order valence-corrected chi connectivity index (χ4v) is 2.74. The second-order valence-corrected chi connectivity index (χ2v) is 5.87. The summed E-state index contributed by atoms with van der Waals surface area (Å²) in [5, 5.41) is 7.86. The number of methoxy groups -OCH3 is 1. The van der Waals surface area contributed by atoms with Crippen molar-refractivity contribution < 1.29 is 9.53 Å². The molecule has 1 aromatic rings. The maximum absolute atomic E-state index is 12.4. The molecule has 5 nitrogen and oxygen atoms in total. The molecule has 0 aliphatic heterocycles. The van der Waals surface area contributed by atoms with Gasteiger partial charge in [0.25, 0.3) is 0 Å². The van der Waals surface area contributed by atoms with Crippen LogP contribution in [0, 0.1) is 12.8 Å². The molecule has 1 heterocycles. The van der Waals surface area contributed by atoms with Crippen LogP contribution >= 0.6 is 0 Å². The number of nitrogens with one attached hydrogen (secondary N) is 1. The number of aryl methyl sites for hydroxylation is 1. The average Bonchev–Trinajstić information content (AvgIpc) is 3.28. The largest absolute Gasteiger partial charge is 0.468 e. The lowest BCUT2D eigenvalue weighted by molar-refractivity contribution is -0.150. The zero-order valence-corrected chi connectivity index (χ0v) is 11.6. The Morgan fingerprint density at radius 3 is 2.74 bits per heavy atom. The number of aromatic nitrogens is 2. The van der Waals surface area contributed by atoms with Gasteiger partial charge in [-0.3, -0.25) is 10.00 Å². The second kappa shape index (κ2) is 4.63. The van der Waals surface area contributed by atoms with Gasteiger partial charge >= 0.3 is 5.97 Å². The van der Waals surface area contributed by atoms with Gasteiger partial charge in [0.15, 0.2) is 0 Å². The van der Waals surface area contributed by atoms with Crippen molar-refractivity contribution in [1.82, 2.24) is 15.1 Å². The molecular formula is C14H21N3O2. The normalized spacial score (nSPS) is 22.0. The highest BCUT2D eigenvalue weighted by atomic mass is 16.5. The third-order valence-corrected chi connectivity index (χ3v) is 4.04. The molecule has 0 radical (unpaired) electrons. The molecule has 2 aliphatic carbocycles. The van der Waals surface area contributed by atoms with Gasteiger partial charge in [-0.15, -0.1) is 0 Å². The van der Waals surface area contributed by atoms with Gasteiger partial charge in [0, 0.05) is 12.2 Å². The van der Waals surface area contributed by atoms with E-state index in [4.69, 9.17) is 4.74 Å². The van der Waals surface area contributed by atoms with E-state index in [1.807, 2.05) is 24.0 Å². The molecule has 0 bridgehead atoms. The van der Waals surface area contributed by atoms with Crippen molar-refractivity contribution in [3.05, 3.63) is 18.0 Å². The molecule has 2 fully saturated rings. The highest BCUT2D eigenvalue weighted by Gasteiger charge is 2.54. The maximum atomic E-state index is 12.4. The molecular weight excluding hydrogens is 242 g/mol. The van der Waals surface area contributed by atoms with Crippen molar-refractivity contribution in [2.75, 3.05) is 7.11 Å². The molecule has 0 spiro atoms. The smallest absolute Gasteiger partial charge is 0.328 e. The first-order chi connectivity index (χ1) is 9.14. The summed E-state index contributed by atoms with van der Waals surface area (Å²) in [6, 6.07) is 0.469. The summed E-state index contributed by atoms with van der Waals surface area (Å²) >= 11 is 0. The molecule has 1 unspecified atom stereocenters. The molecule has 104 valence electrons. The Morgan fingerprint density at radius 1 is 1.53 bits per heavy atom. The van der Waals surface area contributed by atoms with Crippen molar-refractivity contribution in [3.8, 4) is 0 Å². The molecule has 1 atom stereocenters. The zero-order valence-electron chi connectivity index (χ0n) is 11.6. The third kappa shape index (κ3) is 2.52. The molecule has 0 saturated heterocycles. The van der Waals surface area contributed by atoms with E-state index in [0.717, 1.165) is 31.2 Å². The summed E-state index contributed by atoms with van der Waals surface area (Å²) in [6.07, 6.45) is 8.30. The van der Waals surface area contributed by atoms with E-state index in [2.05, 4.69) is 10.4 Å². The Hall–Kier alpha value is -1.36. The van der Waals surface area contributed by atoms with Crippen molar-refractivity contribution in [1.29, 1.82) is 0 Å². The number of ether oxygens (including phenoxy) is 1. The van der Waals surface area contributed by atoms with Gasteiger partial charge in [-0.2, -0.15) is 5.10 Å². The molecule has 19 heavy (non-hydrogen) atoms. The number of hydrogen-bond acceptors (Lipinski definition) is 4. The fraction of sp³-hybridized carbons (Fsp3) is 0.714. The van der Waals surface area contributed by atoms with Gasteiger partial charge < -0.3 is 4.74 Å². The van der Waals surface area contributed by atoms with Gasteiger partial charge in [0.05, 0.1) is 19.9 Å². The number of rotatable bonds is 6. The summed E-state index contributed by atoms with van der Waals surface area (Å²) in [7, 11) is 1.47. The van der Waals surface area contributed by atoms with Crippen LogP contribution in [0.5, 0.6) is 0 Å². The van der Waals surface area contributed by atoms with E-state index in [1.54, 1.807) is 0 Å². The van der Waals surface area contributed by atoms with Crippen molar-refractivity contribution >= 4 is 5.97 Å². The van der Waals surface area contributed by atoms with E-state index >= 15 is 0 Å². The van der Waals surface area contributed by atoms with Crippen LogP contribution < -0.4 is 5.32 Å². The minimum atomic E-state index is -0.589. The minimum Gasteiger partial charge on any atom is -0.468 e. The molecule has 0 aromatic carbocycles. The number of carbonyl (C=O) groups is 1. The van der Waals surface area contributed by atoms with Crippen LogP contribution in [0.3, 0.4) is 0 Å². The maximum Gasteiger partial charge on any atom is 0.328 e. The SMILES string of the molecule is COC(=O)C(Cn1cc(C)cn1)(NC1CC1)C1CC1. The monoisotopic (exact) mass is 263 g/mol. The number of carbonyl (C=O) groups excluding carboxylic acids is 1. The van der Waals surface area contributed by atoms with Crippen molar-refractivity contribution in [3.63, 3.8) is 0 Å². The Morgan fingerprint density at radius 2 is 2.26 bits per heavy atom. The lowest BCUT2D eigenvalue weighted by Crippen LogP contribution is -2.58. The van der Waals surface area contributed by atoms with Crippen LogP contribution in [-0.2, 0) is 16.1 Å². The Kier molecular flexibility index (Phi) is 3.09. The highest BCUT2D eigenvalue weighted by molar-refractivity contribution is 5.81. The van der Waals surface area contributed by atoms with Crippen LogP contribution in [0.4, 0.5) is 0 Å². The zero-order chi connectivity index (χ0) is 13.5. The third-order valence-electron chi connectivity index (χ3n) is 4.04. The predicted molar refractivity (Wildman–Crippen MR) is 70.6 cm³/mol. The predicted octanol–water partition coefficient (Wildman–Crippen LogP) is 1.27. The number of nitrogens with zero attached hydrogens (tertiary/aromatic N) is 2. The van der Waals surface area contributed by atoms with Crippen LogP contribution in [0.15, 0.2) is 12.4 Å². The summed E-state index contributed by atoms with van der Waals surface area (Å²) in [5.41, 5.74) is 0.523. The number of hydrogen-bond donors (Lipinski definition) is 1. The first-order valence-electron chi connectivity index (χ1n) is 6.99. The molecule has 1 aromatic heterocycles. The second-order valence-electron chi connectivity index (χ2n) is 5.87. The number of esters is 1. The Labute approximate surface area is 113 Å². The minimum absolute atomic E-state index is 0.143. The van der Waals surface area contributed by atoms with Crippen molar-refractivity contribution in [2.24, 2.45) is 5.92 Å². The first-order valence-corrected chi connectivity index (χ1v) is 6.99. The topological polar surface area (TPSA) is 56.2 Å². The van der Waals surface area contributed by atoms with E-state index < -0.39 is 5.54 Å². The molecule has 1 N–H and O–H groups in total. The lowest BCUT2D eigenvalue weighted by Gasteiger charge is -2.32. The molecule has 5 heteroatoms. The van der Waals surface area contributed by atoms with Crippen LogP contribution in [0.1, 0.15) is 31.2 Å². The molecule has 0 amide bonds. The first kappa shape index (κ1) is 12.7. The Bertz CT molecular complexity index is 477. The van der Waals surface area contributed by atoms with Crippen LogP contribution in [0.2, 0.25) is 0 Å². The van der Waals surface area contributed by atoms with Gasteiger partial charge in [-0.05, 0) is 44.1 Å². The standard InChI is InChI=1S/C14H21N3O2/c1-10-7-15-17(8-10)9-14(11-3-4-11,13(18)19-2)16-12-5-6-12/h7-8,11-12,16H,3-6,9H2,1-2H3. The van der Waals surface area contributed by atoms with Crippen molar-refractivity contribution in [2.45, 2.75) is 50.7 Å². The Balaban J connectivity index is 1.86. The lowest BCUT2D eigenvalue weighted by atomic mass is 9.92. The average molecular weight is 263 g/mol.